The average Bonchev–Trinajstić information content (AvgIpc) is 3.01. The molecule has 1 saturated carbocycles. The number of anilines is 1. The number of nitrogens with zero attached hydrogens (tertiary/aromatic N) is 3. The highest BCUT2D eigenvalue weighted by Gasteiger charge is 2.28. The molecule has 2 aliphatic rings. The summed E-state index contributed by atoms with van der Waals surface area (Å²) < 4.78 is 0. The lowest BCUT2D eigenvalue weighted by atomic mass is 9.85. The number of likely N-dealkylation sites (N-methyl/N-ethyl adjacent to an activating group) is 1. The first-order chi connectivity index (χ1) is 14.2. The van der Waals surface area contributed by atoms with Gasteiger partial charge < -0.3 is 10.2 Å². The molecule has 1 saturated heterocycles. The van der Waals surface area contributed by atoms with E-state index < -0.39 is 6.04 Å². The Morgan fingerprint density at radius 3 is 2.55 bits per heavy atom. The monoisotopic (exact) mass is 394 g/mol. The summed E-state index contributed by atoms with van der Waals surface area (Å²) in [6.45, 7) is 3.46. The zero-order chi connectivity index (χ0) is 20.2. The van der Waals surface area contributed by atoms with Crippen LogP contribution in [0.5, 0.6) is 0 Å². The van der Waals surface area contributed by atoms with Crippen molar-refractivity contribution in [1.82, 2.24) is 14.9 Å². The van der Waals surface area contributed by atoms with Crippen LogP contribution in [0, 0.1) is 0 Å². The van der Waals surface area contributed by atoms with Gasteiger partial charge in [-0.05, 0) is 45.1 Å². The molecule has 2 aromatic rings. The van der Waals surface area contributed by atoms with Crippen molar-refractivity contribution in [2.75, 3.05) is 18.4 Å². The maximum atomic E-state index is 12.9. The van der Waals surface area contributed by atoms with E-state index in [1.54, 1.807) is 0 Å². The second-order valence-corrected chi connectivity index (χ2v) is 8.23. The number of para-hydroxylation sites is 1. The van der Waals surface area contributed by atoms with Gasteiger partial charge in [-0.1, -0.05) is 37.5 Å². The molecule has 1 unspecified atom stereocenters. The lowest BCUT2D eigenvalue weighted by Gasteiger charge is -2.24. The number of benzene rings is 1. The third kappa shape index (κ3) is 4.26. The zero-order valence-corrected chi connectivity index (χ0v) is 17.2. The lowest BCUT2D eigenvalue weighted by molar-refractivity contribution is -0.131. The first-order valence-corrected chi connectivity index (χ1v) is 11.0. The maximum absolute atomic E-state index is 12.9. The fraction of sp³-hybridized carbons (Fsp3) is 0.565. The summed E-state index contributed by atoms with van der Waals surface area (Å²) in [6.07, 6.45) is 8.46. The predicted molar refractivity (Wildman–Crippen MR) is 115 cm³/mol. The van der Waals surface area contributed by atoms with Crippen molar-refractivity contribution >= 4 is 22.6 Å². The third-order valence-corrected chi connectivity index (χ3v) is 6.30. The molecule has 1 aliphatic heterocycles. The number of likely N-dealkylation sites (tertiary alicyclic amines) is 1. The molecule has 2 heterocycles. The molecular formula is C23H30N4O2. The predicted octanol–water partition coefficient (Wildman–Crippen LogP) is 3.85. The molecule has 0 bridgehead atoms. The summed E-state index contributed by atoms with van der Waals surface area (Å²) in [6, 6.07) is 7.36. The Morgan fingerprint density at radius 2 is 1.76 bits per heavy atom. The molecule has 1 N–H and O–H groups in total. The molecule has 6 nitrogen and oxygen atoms in total. The zero-order valence-electron chi connectivity index (χ0n) is 17.2. The third-order valence-electron chi connectivity index (χ3n) is 6.30. The molecule has 1 aromatic carbocycles. The van der Waals surface area contributed by atoms with E-state index in [-0.39, 0.29) is 17.3 Å². The Morgan fingerprint density at radius 1 is 1.00 bits per heavy atom. The maximum Gasteiger partial charge on any atom is 0.312 e. The van der Waals surface area contributed by atoms with Gasteiger partial charge in [-0.2, -0.15) is 0 Å². The van der Waals surface area contributed by atoms with Crippen LogP contribution >= 0.6 is 0 Å². The Labute approximate surface area is 171 Å². The number of hydrogen-bond donors (Lipinski definition) is 1. The van der Waals surface area contributed by atoms with Crippen molar-refractivity contribution in [1.29, 1.82) is 0 Å². The molecule has 29 heavy (non-hydrogen) atoms. The number of amides is 1. The Hall–Kier alpha value is -2.50. The summed E-state index contributed by atoms with van der Waals surface area (Å²) >= 11 is 0. The molecule has 4 rings (SSSR count). The van der Waals surface area contributed by atoms with Gasteiger partial charge >= 0.3 is 5.56 Å². The van der Waals surface area contributed by atoms with E-state index in [1.807, 2.05) is 36.1 Å². The average molecular weight is 395 g/mol. The molecule has 0 radical (unpaired) electrons. The van der Waals surface area contributed by atoms with Gasteiger partial charge in [0, 0.05) is 24.4 Å². The molecule has 1 amide bonds. The van der Waals surface area contributed by atoms with Gasteiger partial charge in [0.05, 0.1) is 11.2 Å². The van der Waals surface area contributed by atoms with E-state index in [4.69, 9.17) is 4.98 Å². The van der Waals surface area contributed by atoms with E-state index in [2.05, 4.69) is 10.3 Å². The van der Waals surface area contributed by atoms with Crippen LogP contribution in [0.3, 0.4) is 0 Å². The van der Waals surface area contributed by atoms with Crippen LogP contribution in [0.4, 0.5) is 5.82 Å². The largest absolute Gasteiger partial charge is 0.354 e. The fourth-order valence-electron chi connectivity index (χ4n) is 4.68. The van der Waals surface area contributed by atoms with Crippen LogP contribution in [0.25, 0.3) is 10.9 Å². The summed E-state index contributed by atoms with van der Waals surface area (Å²) in [4.78, 5) is 36.9. The van der Waals surface area contributed by atoms with Crippen molar-refractivity contribution in [3.63, 3.8) is 0 Å². The minimum atomic E-state index is -0.413. The van der Waals surface area contributed by atoms with Crippen LogP contribution in [0.15, 0.2) is 29.1 Å². The quantitative estimate of drug-likeness (QED) is 0.852. The highest BCUT2D eigenvalue weighted by atomic mass is 16.2. The fourth-order valence-corrected chi connectivity index (χ4v) is 4.68. The summed E-state index contributed by atoms with van der Waals surface area (Å²) in [5, 5.41) is 4.15. The molecule has 1 aliphatic carbocycles. The van der Waals surface area contributed by atoms with E-state index >= 15 is 0 Å². The summed E-state index contributed by atoms with van der Waals surface area (Å²) in [5.74, 6) is 0.610. The Balaban J connectivity index is 1.77. The van der Waals surface area contributed by atoms with Gasteiger partial charge in [0.1, 0.15) is 6.04 Å². The van der Waals surface area contributed by atoms with Gasteiger partial charge in [0.15, 0.2) is 5.82 Å². The number of carbonyl (C=O) groups is 1. The number of rotatable bonds is 4. The molecule has 0 spiro atoms. The highest BCUT2D eigenvalue weighted by molar-refractivity contribution is 5.85. The SMILES string of the molecule is CCN1CCCCC(Nc2nc(C3CCCCC3)c3ccccc3nc2=O)C1=O. The van der Waals surface area contributed by atoms with Crippen LogP contribution in [-0.2, 0) is 4.79 Å². The number of aromatic nitrogens is 2. The summed E-state index contributed by atoms with van der Waals surface area (Å²) in [7, 11) is 0. The molecule has 154 valence electrons. The molecule has 1 aromatic heterocycles. The minimum Gasteiger partial charge on any atom is -0.354 e. The van der Waals surface area contributed by atoms with Gasteiger partial charge in [0.25, 0.3) is 0 Å². The molecule has 1 atom stereocenters. The van der Waals surface area contributed by atoms with Crippen LogP contribution in [0.1, 0.15) is 69.9 Å². The second kappa shape index (κ2) is 8.89. The van der Waals surface area contributed by atoms with E-state index in [0.717, 1.165) is 43.3 Å². The Kier molecular flexibility index (Phi) is 6.07. The van der Waals surface area contributed by atoms with E-state index in [0.29, 0.717) is 24.4 Å². The number of carbonyl (C=O) groups excluding carboxylic acids is 1. The lowest BCUT2D eigenvalue weighted by Crippen LogP contribution is -2.42. The second-order valence-electron chi connectivity index (χ2n) is 8.23. The van der Waals surface area contributed by atoms with Crippen LogP contribution < -0.4 is 10.9 Å². The molecule has 6 heteroatoms. The minimum absolute atomic E-state index is 0.0569. The van der Waals surface area contributed by atoms with E-state index in [1.165, 1.54) is 19.3 Å². The standard InChI is InChI=1S/C23H30N4O2/c1-2-27-15-9-8-14-19(23(27)29)24-21-22(28)25-18-13-7-6-12-17(18)20(26-21)16-10-4-3-5-11-16/h6-7,12-13,16,19H,2-5,8-11,14-15H2,1H3,(H,24,25,26,28). The van der Waals surface area contributed by atoms with Crippen molar-refractivity contribution in [3.05, 3.63) is 40.3 Å². The van der Waals surface area contributed by atoms with Crippen molar-refractivity contribution in [2.45, 2.75) is 70.3 Å². The smallest absolute Gasteiger partial charge is 0.312 e. The molecule has 2 fully saturated rings. The number of nitrogens with one attached hydrogen (secondary N) is 1. The van der Waals surface area contributed by atoms with Gasteiger partial charge in [-0.15, -0.1) is 0 Å². The summed E-state index contributed by atoms with van der Waals surface area (Å²) in [5.41, 5.74) is 1.25. The Bertz CT molecular complexity index is 940. The number of fused-ring (bicyclic) bond motifs is 1. The van der Waals surface area contributed by atoms with Crippen molar-refractivity contribution in [2.24, 2.45) is 0 Å². The van der Waals surface area contributed by atoms with Gasteiger partial charge in [-0.25, -0.2) is 9.97 Å². The van der Waals surface area contributed by atoms with Crippen LogP contribution in [-0.4, -0.2) is 39.9 Å². The van der Waals surface area contributed by atoms with Crippen LogP contribution in [0.2, 0.25) is 0 Å². The van der Waals surface area contributed by atoms with Crippen molar-refractivity contribution in [3.8, 4) is 0 Å². The first-order valence-electron chi connectivity index (χ1n) is 11.0. The first kappa shape index (κ1) is 19.8. The van der Waals surface area contributed by atoms with Gasteiger partial charge in [-0.3, -0.25) is 9.59 Å². The highest BCUT2D eigenvalue weighted by Crippen LogP contribution is 2.34. The van der Waals surface area contributed by atoms with Crippen molar-refractivity contribution < 1.29 is 4.79 Å². The van der Waals surface area contributed by atoms with E-state index in [9.17, 15) is 9.59 Å². The normalized spacial score (nSPS) is 21.2. The number of hydrogen-bond acceptors (Lipinski definition) is 5. The topological polar surface area (TPSA) is 75.2 Å². The molecular weight excluding hydrogens is 364 g/mol. The van der Waals surface area contributed by atoms with Gasteiger partial charge in [0.2, 0.25) is 5.91 Å².